The summed E-state index contributed by atoms with van der Waals surface area (Å²) in [6.45, 7) is 1.02. The van der Waals surface area contributed by atoms with Crippen LogP contribution >= 0.6 is 23.2 Å². The average Bonchev–Trinajstić information content (AvgIpc) is 2.42. The van der Waals surface area contributed by atoms with Crippen molar-refractivity contribution in [2.45, 2.75) is 19.3 Å². The predicted molar refractivity (Wildman–Crippen MR) is 78.4 cm³/mol. The fourth-order valence-corrected chi connectivity index (χ4v) is 2.13. The lowest BCUT2D eigenvalue weighted by Gasteiger charge is -2.09. The van der Waals surface area contributed by atoms with Crippen LogP contribution in [0.25, 0.3) is 0 Å². The Morgan fingerprint density at radius 3 is 1.95 bits per heavy atom. The lowest BCUT2D eigenvalue weighted by molar-refractivity contribution is -0.137. The Hall–Kier alpha value is -1.23. The van der Waals surface area contributed by atoms with Crippen LogP contribution in [0.4, 0.5) is 13.2 Å². The van der Waals surface area contributed by atoms with Crippen LogP contribution in [0, 0.1) is 0 Å². The second kappa shape index (κ2) is 6.69. The van der Waals surface area contributed by atoms with Gasteiger partial charge in [0.15, 0.2) is 0 Å². The van der Waals surface area contributed by atoms with Crippen LogP contribution in [-0.4, -0.2) is 0 Å². The van der Waals surface area contributed by atoms with Gasteiger partial charge >= 0.3 is 6.18 Å². The first-order valence-corrected chi connectivity index (χ1v) is 6.92. The minimum atomic E-state index is -4.30. The molecular formula is C15H12Cl2F3N. The minimum Gasteiger partial charge on any atom is -0.309 e. The number of hydrogen-bond donors (Lipinski definition) is 1. The third-order valence-corrected chi connectivity index (χ3v) is 3.66. The summed E-state index contributed by atoms with van der Waals surface area (Å²) < 4.78 is 37.3. The molecule has 1 N–H and O–H groups in total. The first-order valence-electron chi connectivity index (χ1n) is 6.17. The fourth-order valence-electron chi connectivity index (χ4n) is 1.81. The molecule has 0 saturated carbocycles. The van der Waals surface area contributed by atoms with Gasteiger partial charge in [-0.25, -0.2) is 0 Å². The van der Waals surface area contributed by atoms with Crippen molar-refractivity contribution in [3.63, 3.8) is 0 Å². The van der Waals surface area contributed by atoms with E-state index in [-0.39, 0.29) is 0 Å². The molecule has 0 aliphatic rings. The van der Waals surface area contributed by atoms with Gasteiger partial charge in [-0.1, -0.05) is 41.4 Å². The second-order valence-electron chi connectivity index (χ2n) is 4.55. The van der Waals surface area contributed by atoms with E-state index in [4.69, 9.17) is 23.2 Å². The average molecular weight is 334 g/mol. The van der Waals surface area contributed by atoms with E-state index >= 15 is 0 Å². The van der Waals surface area contributed by atoms with Crippen LogP contribution in [0.2, 0.25) is 10.0 Å². The number of benzene rings is 2. The molecule has 2 aromatic carbocycles. The summed E-state index contributed by atoms with van der Waals surface area (Å²) in [4.78, 5) is 0. The molecule has 0 bridgehead atoms. The largest absolute Gasteiger partial charge is 0.416 e. The number of alkyl halides is 3. The SMILES string of the molecule is FC(F)(F)c1ccc(CNCc2ccc(Cl)c(Cl)c2)cc1. The van der Waals surface area contributed by atoms with E-state index < -0.39 is 11.7 Å². The topological polar surface area (TPSA) is 12.0 Å². The molecule has 0 aliphatic carbocycles. The minimum absolute atomic E-state index is 0.471. The molecule has 0 heterocycles. The highest BCUT2D eigenvalue weighted by Gasteiger charge is 2.29. The molecule has 0 aromatic heterocycles. The Morgan fingerprint density at radius 1 is 0.810 bits per heavy atom. The van der Waals surface area contributed by atoms with Crippen LogP contribution in [0.1, 0.15) is 16.7 Å². The smallest absolute Gasteiger partial charge is 0.309 e. The highest BCUT2D eigenvalue weighted by Crippen LogP contribution is 2.29. The van der Waals surface area contributed by atoms with Crippen molar-refractivity contribution in [3.05, 3.63) is 69.2 Å². The van der Waals surface area contributed by atoms with Crippen molar-refractivity contribution in [1.82, 2.24) is 5.32 Å². The van der Waals surface area contributed by atoms with E-state index in [0.717, 1.165) is 23.3 Å². The number of rotatable bonds is 4. The van der Waals surface area contributed by atoms with Crippen LogP contribution in [0.15, 0.2) is 42.5 Å². The maximum absolute atomic E-state index is 12.4. The van der Waals surface area contributed by atoms with Gasteiger partial charge in [-0.05, 0) is 35.4 Å². The molecule has 0 unspecified atom stereocenters. The van der Waals surface area contributed by atoms with E-state index in [1.54, 1.807) is 12.1 Å². The third kappa shape index (κ3) is 4.63. The Balaban J connectivity index is 1.90. The predicted octanol–water partition coefficient (Wildman–Crippen LogP) is 5.30. The van der Waals surface area contributed by atoms with Crippen molar-refractivity contribution in [2.24, 2.45) is 0 Å². The van der Waals surface area contributed by atoms with Crippen molar-refractivity contribution in [2.75, 3.05) is 0 Å². The highest BCUT2D eigenvalue weighted by molar-refractivity contribution is 6.42. The third-order valence-electron chi connectivity index (χ3n) is 2.92. The van der Waals surface area contributed by atoms with E-state index in [0.29, 0.717) is 23.1 Å². The van der Waals surface area contributed by atoms with E-state index in [1.807, 2.05) is 6.07 Å². The first kappa shape index (κ1) is 16.1. The number of hydrogen-bond acceptors (Lipinski definition) is 1. The molecule has 0 amide bonds. The summed E-state index contributed by atoms with van der Waals surface area (Å²) in [5, 5.41) is 4.11. The molecule has 0 fully saturated rings. The van der Waals surface area contributed by atoms with Gasteiger partial charge in [0.2, 0.25) is 0 Å². The van der Waals surface area contributed by atoms with Crippen LogP contribution in [0.5, 0.6) is 0 Å². The molecule has 0 aliphatic heterocycles. The fraction of sp³-hybridized carbons (Fsp3) is 0.200. The zero-order chi connectivity index (χ0) is 15.5. The summed E-state index contributed by atoms with van der Waals surface area (Å²) in [5.74, 6) is 0. The van der Waals surface area contributed by atoms with Gasteiger partial charge in [0.1, 0.15) is 0 Å². The van der Waals surface area contributed by atoms with E-state index in [2.05, 4.69) is 5.32 Å². The highest BCUT2D eigenvalue weighted by atomic mass is 35.5. The zero-order valence-electron chi connectivity index (χ0n) is 10.8. The Bertz CT molecular complexity index is 609. The maximum Gasteiger partial charge on any atom is 0.416 e. The lowest BCUT2D eigenvalue weighted by Crippen LogP contribution is -2.13. The van der Waals surface area contributed by atoms with Gasteiger partial charge in [0, 0.05) is 13.1 Å². The van der Waals surface area contributed by atoms with Gasteiger partial charge in [0.05, 0.1) is 15.6 Å². The van der Waals surface area contributed by atoms with Crippen molar-refractivity contribution in [3.8, 4) is 0 Å². The number of nitrogens with one attached hydrogen (secondary N) is 1. The lowest BCUT2D eigenvalue weighted by atomic mass is 10.1. The maximum atomic E-state index is 12.4. The van der Waals surface area contributed by atoms with E-state index in [9.17, 15) is 13.2 Å². The van der Waals surface area contributed by atoms with Crippen LogP contribution in [0.3, 0.4) is 0 Å². The molecule has 6 heteroatoms. The molecule has 1 nitrogen and oxygen atoms in total. The summed E-state index contributed by atoms with van der Waals surface area (Å²) in [5.41, 5.74) is 1.09. The van der Waals surface area contributed by atoms with Gasteiger partial charge in [0.25, 0.3) is 0 Å². The first-order chi connectivity index (χ1) is 9.86. The molecule has 112 valence electrons. The van der Waals surface area contributed by atoms with Gasteiger partial charge in [-0.3, -0.25) is 0 Å². The summed E-state index contributed by atoms with van der Waals surface area (Å²) in [6.07, 6.45) is -4.30. The standard InChI is InChI=1S/C15H12Cl2F3N/c16-13-6-3-11(7-14(13)17)9-21-8-10-1-4-12(5-2-10)15(18,19)20/h1-7,21H,8-9H2. The number of halogens is 5. The van der Waals surface area contributed by atoms with E-state index in [1.165, 1.54) is 12.1 Å². The van der Waals surface area contributed by atoms with Crippen LogP contribution < -0.4 is 5.32 Å². The summed E-state index contributed by atoms with van der Waals surface area (Å²) >= 11 is 11.7. The molecule has 0 atom stereocenters. The van der Waals surface area contributed by atoms with Crippen molar-refractivity contribution >= 4 is 23.2 Å². The second-order valence-corrected chi connectivity index (χ2v) is 5.36. The van der Waals surface area contributed by atoms with Gasteiger partial charge in [-0.15, -0.1) is 0 Å². The van der Waals surface area contributed by atoms with Crippen molar-refractivity contribution < 1.29 is 13.2 Å². The zero-order valence-corrected chi connectivity index (χ0v) is 12.4. The quantitative estimate of drug-likeness (QED) is 0.800. The Labute approximate surface area is 130 Å². The summed E-state index contributed by atoms with van der Waals surface area (Å²) in [7, 11) is 0. The monoisotopic (exact) mass is 333 g/mol. The Morgan fingerprint density at radius 2 is 1.38 bits per heavy atom. The Kier molecular flexibility index (Phi) is 5.14. The molecular weight excluding hydrogens is 322 g/mol. The molecule has 0 spiro atoms. The van der Waals surface area contributed by atoms with Gasteiger partial charge in [-0.2, -0.15) is 13.2 Å². The van der Waals surface area contributed by atoms with Crippen molar-refractivity contribution in [1.29, 1.82) is 0 Å². The summed E-state index contributed by atoms with van der Waals surface area (Å²) in [6, 6.07) is 10.4. The van der Waals surface area contributed by atoms with Crippen LogP contribution in [-0.2, 0) is 19.3 Å². The molecule has 2 aromatic rings. The van der Waals surface area contributed by atoms with Gasteiger partial charge < -0.3 is 5.32 Å². The molecule has 0 radical (unpaired) electrons. The molecule has 0 saturated heterocycles. The molecule has 2 rings (SSSR count). The normalized spacial score (nSPS) is 11.7. The molecule has 21 heavy (non-hydrogen) atoms.